The van der Waals surface area contributed by atoms with Crippen molar-refractivity contribution < 1.29 is 19.8 Å². The molecule has 2 rings (SSSR count). The molecule has 84 valence electrons. The summed E-state index contributed by atoms with van der Waals surface area (Å²) in [6.45, 7) is -0.735. The molecule has 5 nitrogen and oxygen atoms in total. The number of carbonyl (C=O) groups is 2. The van der Waals surface area contributed by atoms with Gasteiger partial charge in [-0.2, -0.15) is 0 Å². The van der Waals surface area contributed by atoms with Gasteiger partial charge in [0.25, 0.3) is 0 Å². The molecule has 1 saturated carbocycles. The maximum atomic E-state index is 11.8. The quantitative estimate of drug-likeness (QED) is 0.597. The molecule has 0 aromatic rings. The van der Waals surface area contributed by atoms with Gasteiger partial charge in [-0.15, -0.1) is 0 Å². The lowest BCUT2D eigenvalue weighted by Gasteiger charge is -2.23. The van der Waals surface area contributed by atoms with Crippen molar-refractivity contribution in [1.82, 2.24) is 4.90 Å². The lowest BCUT2D eigenvalue weighted by atomic mass is 10.00. The Morgan fingerprint density at radius 2 is 1.60 bits per heavy atom. The number of hydrogen-bond acceptors (Lipinski definition) is 4. The third-order valence-electron chi connectivity index (χ3n) is 3.41. The second-order valence-electron chi connectivity index (χ2n) is 4.21. The predicted molar refractivity (Wildman–Crippen MR) is 50.6 cm³/mol. The molecule has 1 heterocycles. The molecule has 2 fully saturated rings. The lowest BCUT2D eigenvalue weighted by Crippen LogP contribution is -2.45. The van der Waals surface area contributed by atoms with E-state index in [0.29, 0.717) is 0 Å². The number of aliphatic hydroxyl groups excluding tert-OH is 2. The van der Waals surface area contributed by atoms with E-state index in [1.807, 2.05) is 0 Å². The van der Waals surface area contributed by atoms with Gasteiger partial charge in [-0.3, -0.25) is 14.5 Å². The summed E-state index contributed by atoms with van der Waals surface area (Å²) in [5.41, 5.74) is 0. The van der Waals surface area contributed by atoms with Crippen LogP contribution in [0.1, 0.15) is 19.3 Å². The summed E-state index contributed by atoms with van der Waals surface area (Å²) in [6.07, 6.45) is 2.44. The van der Waals surface area contributed by atoms with Crippen LogP contribution in [0.15, 0.2) is 0 Å². The maximum absolute atomic E-state index is 11.8. The number of nitrogens with zero attached hydrogens (tertiary/aromatic N) is 1. The van der Waals surface area contributed by atoms with Gasteiger partial charge >= 0.3 is 0 Å². The molecule has 0 aromatic heterocycles. The Morgan fingerprint density at radius 3 is 2.00 bits per heavy atom. The highest BCUT2D eigenvalue weighted by atomic mass is 16.3. The fraction of sp³-hybridized carbons (Fsp3) is 0.800. The van der Waals surface area contributed by atoms with Gasteiger partial charge in [0, 0.05) is 0 Å². The molecule has 1 aliphatic carbocycles. The Bertz CT molecular complexity index is 265. The number of fused-ring (bicyclic) bond motifs is 1. The lowest BCUT2D eigenvalue weighted by molar-refractivity contribution is -0.145. The van der Waals surface area contributed by atoms with Crippen LogP contribution in [0.3, 0.4) is 0 Å². The van der Waals surface area contributed by atoms with E-state index in [1.165, 1.54) is 0 Å². The zero-order valence-corrected chi connectivity index (χ0v) is 8.43. The molecule has 2 N–H and O–H groups in total. The van der Waals surface area contributed by atoms with Crippen molar-refractivity contribution in [3.63, 3.8) is 0 Å². The first-order valence-electron chi connectivity index (χ1n) is 5.29. The van der Waals surface area contributed by atoms with E-state index in [9.17, 15) is 9.59 Å². The number of imide groups is 1. The number of carbonyl (C=O) groups excluding carboxylic acids is 2. The van der Waals surface area contributed by atoms with Crippen LogP contribution in [0.4, 0.5) is 0 Å². The van der Waals surface area contributed by atoms with Crippen molar-refractivity contribution in [3.05, 3.63) is 0 Å². The van der Waals surface area contributed by atoms with Gasteiger partial charge in [0.2, 0.25) is 11.8 Å². The first-order chi connectivity index (χ1) is 7.20. The van der Waals surface area contributed by atoms with E-state index in [-0.39, 0.29) is 36.9 Å². The largest absolute Gasteiger partial charge is 0.394 e. The summed E-state index contributed by atoms with van der Waals surface area (Å²) in [4.78, 5) is 24.7. The highest BCUT2D eigenvalue weighted by Gasteiger charge is 2.51. The topological polar surface area (TPSA) is 77.8 Å². The molecule has 0 spiro atoms. The second-order valence-corrected chi connectivity index (χ2v) is 4.21. The van der Waals surface area contributed by atoms with E-state index in [1.54, 1.807) is 0 Å². The van der Waals surface area contributed by atoms with Crippen LogP contribution >= 0.6 is 0 Å². The zero-order valence-electron chi connectivity index (χ0n) is 8.43. The fourth-order valence-corrected chi connectivity index (χ4v) is 2.60. The molecule has 1 saturated heterocycles. The molecule has 1 aliphatic heterocycles. The predicted octanol–water partition coefficient (Wildman–Crippen LogP) is -0.875. The van der Waals surface area contributed by atoms with Crippen molar-refractivity contribution >= 4 is 11.8 Å². The number of likely N-dealkylation sites (tertiary alicyclic amines) is 1. The van der Waals surface area contributed by atoms with Gasteiger partial charge in [0.1, 0.15) is 0 Å². The highest BCUT2D eigenvalue weighted by Crippen LogP contribution is 2.40. The second kappa shape index (κ2) is 3.90. The summed E-state index contributed by atoms with van der Waals surface area (Å²) in [7, 11) is 0. The number of rotatable bonds is 3. The molecule has 2 unspecified atom stereocenters. The van der Waals surface area contributed by atoms with Gasteiger partial charge < -0.3 is 10.2 Å². The van der Waals surface area contributed by atoms with Gasteiger partial charge in [-0.05, 0) is 12.8 Å². The average Bonchev–Trinajstić information content (AvgIpc) is 2.79. The molecule has 0 bridgehead atoms. The smallest absolute Gasteiger partial charge is 0.233 e. The van der Waals surface area contributed by atoms with Gasteiger partial charge in [-0.25, -0.2) is 0 Å². The molecule has 15 heavy (non-hydrogen) atoms. The van der Waals surface area contributed by atoms with Crippen LogP contribution in [0.5, 0.6) is 0 Å². The van der Waals surface area contributed by atoms with E-state index in [0.717, 1.165) is 24.2 Å². The maximum Gasteiger partial charge on any atom is 0.233 e. The molecular weight excluding hydrogens is 198 g/mol. The van der Waals surface area contributed by atoms with Gasteiger partial charge in [0.05, 0.1) is 31.1 Å². The Labute approximate surface area is 87.7 Å². The fourth-order valence-electron chi connectivity index (χ4n) is 2.60. The van der Waals surface area contributed by atoms with Crippen molar-refractivity contribution in [2.45, 2.75) is 25.3 Å². The monoisotopic (exact) mass is 213 g/mol. The van der Waals surface area contributed by atoms with Gasteiger partial charge in [0.15, 0.2) is 0 Å². The molecule has 0 radical (unpaired) electrons. The third kappa shape index (κ3) is 1.46. The summed E-state index contributed by atoms with van der Waals surface area (Å²) in [6, 6.07) is -0.754. The van der Waals surface area contributed by atoms with Crippen LogP contribution in [-0.2, 0) is 9.59 Å². The summed E-state index contributed by atoms with van der Waals surface area (Å²) in [5, 5.41) is 18.0. The third-order valence-corrected chi connectivity index (χ3v) is 3.41. The van der Waals surface area contributed by atoms with Crippen LogP contribution in [0, 0.1) is 11.8 Å². The van der Waals surface area contributed by atoms with Crippen LogP contribution < -0.4 is 0 Å². The normalized spacial score (nSPS) is 30.5. The van der Waals surface area contributed by atoms with Crippen molar-refractivity contribution in [1.29, 1.82) is 0 Å². The average molecular weight is 213 g/mol. The minimum atomic E-state index is -0.754. The first-order valence-corrected chi connectivity index (χ1v) is 5.29. The van der Waals surface area contributed by atoms with Crippen molar-refractivity contribution in [2.75, 3.05) is 13.2 Å². The van der Waals surface area contributed by atoms with E-state index < -0.39 is 6.04 Å². The Hall–Kier alpha value is -0.940. The molecular formula is C10H15NO4. The van der Waals surface area contributed by atoms with E-state index in [2.05, 4.69) is 0 Å². The Balaban J connectivity index is 2.20. The standard InChI is InChI=1S/C10H15NO4/c12-4-6(5-13)11-9(14)7-2-1-3-8(7)10(11)15/h6-8,12-13H,1-5H2. The highest BCUT2D eigenvalue weighted by molar-refractivity contribution is 6.05. The summed E-state index contributed by atoms with van der Waals surface area (Å²) in [5.74, 6) is -0.817. The van der Waals surface area contributed by atoms with E-state index >= 15 is 0 Å². The number of amides is 2. The first kappa shape index (κ1) is 10.6. The van der Waals surface area contributed by atoms with Crippen LogP contribution in [0.25, 0.3) is 0 Å². The van der Waals surface area contributed by atoms with Crippen LogP contribution in [0.2, 0.25) is 0 Å². The van der Waals surface area contributed by atoms with E-state index in [4.69, 9.17) is 10.2 Å². The molecule has 2 amide bonds. The van der Waals surface area contributed by atoms with Crippen LogP contribution in [-0.4, -0.2) is 46.2 Å². The summed E-state index contributed by atoms with van der Waals surface area (Å²) < 4.78 is 0. The Kier molecular flexibility index (Phi) is 2.75. The molecule has 5 heteroatoms. The Morgan fingerprint density at radius 1 is 1.13 bits per heavy atom. The van der Waals surface area contributed by atoms with Crippen molar-refractivity contribution in [3.8, 4) is 0 Å². The SMILES string of the molecule is O=C1C2CCCC2C(=O)N1C(CO)CO. The van der Waals surface area contributed by atoms with Gasteiger partial charge in [-0.1, -0.05) is 6.42 Å². The molecule has 2 atom stereocenters. The summed E-state index contributed by atoms with van der Waals surface area (Å²) >= 11 is 0. The zero-order chi connectivity index (χ0) is 11.0. The van der Waals surface area contributed by atoms with Crippen molar-refractivity contribution in [2.24, 2.45) is 11.8 Å². The molecule has 0 aromatic carbocycles. The minimum absolute atomic E-state index is 0.196. The minimum Gasteiger partial charge on any atom is -0.394 e. The number of hydrogen-bond donors (Lipinski definition) is 2. The molecule has 2 aliphatic rings. The number of aliphatic hydroxyl groups is 2.